The second-order valence-corrected chi connectivity index (χ2v) is 8.23. The molecule has 0 spiro atoms. The van der Waals surface area contributed by atoms with Crippen LogP contribution in [0.25, 0.3) is 0 Å². The van der Waals surface area contributed by atoms with Gasteiger partial charge in [0.15, 0.2) is 5.79 Å². The van der Waals surface area contributed by atoms with Crippen molar-refractivity contribution in [3.63, 3.8) is 0 Å². The molecule has 5 nitrogen and oxygen atoms in total. The molecule has 0 aliphatic carbocycles. The van der Waals surface area contributed by atoms with Gasteiger partial charge >= 0.3 is 6.09 Å². The van der Waals surface area contributed by atoms with E-state index in [9.17, 15) is 4.79 Å². The first-order chi connectivity index (χ1) is 10.6. The van der Waals surface area contributed by atoms with Gasteiger partial charge < -0.3 is 14.2 Å². The van der Waals surface area contributed by atoms with E-state index < -0.39 is 11.4 Å². The number of carbonyl (C=O) groups excluding carboxylic acids is 1. The molecule has 3 aliphatic heterocycles. The summed E-state index contributed by atoms with van der Waals surface area (Å²) in [5.74, 6) is -0.583. The minimum atomic E-state index is -0.583. The SMILES string of the molecule is CCCCC1=C[C@H]2[C@@H]3OC(C)(C)O[C@@H]3[C@@H]1N2C(=O)OC(C)(C)C. The van der Waals surface area contributed by atoms with Gasteiger partial charge in [0.05, 0.1) is 12.1 Å². The van der Waals surface area contributed by atoms with Crippen LogP contribution in [0.3, 0.4) is 0 Å². The Morgan fingerprint density at radius 2 is 1.96 bits per heavy atom. The Hall–Kier alpha value is -1.07. The van der Waals surface area contributed by atoms with Gasteiger partial charge in [-0.25, -0.2) is 4.79 Å². The molecule has 0 radical (unpaired) electrons. The third kappa shape index (κ3) is 3.01. The van der Waals surface area contributed by atoms with Crippen molar-refractivity contribution in [2.75, 3.05) is 0 Å². The van der Waals surface area contributed by atoms with Crippen LogP contribution in [0.1, 0.15) is 60.8 Å². The van der Waals surface area contributed by atoms with Gasteiger partial charge in [-0.05, 0) is 53.0 Å². The molecule has 3 aliphatic rings. The highest BCUT2D eigenvalue weighted by atomic mass is 16.8. The van der Waals surface area contributed by atoms with Crippen LogP contribution in [-0.2, 0) is 14.2 Å². The highest BCUT2D eigenvalue weighted by Crippen LogP contribution is 2.48. The van der Waals surface area contributed by atoms with Gasteiger partial charge in [-0.2, -0.15) is 0 Å². The lowest BCUT2D eigenvalue weighted by molar-refractivity contribution is -0.160. The van der Waals surface area contributed by atoms with E-state index in [1.54, 1.807) is 0 Å². The fourth-order valence-corrected chi connectivity index (χ4v) is 3.87. The molecule has 2 fully saturated rings. The first-order valence-corrected chi connectivity index (χ1v) is 8.70. The van der Waals surface area contributed by atoms with Gasteiger partial charge in [0.25, 0.3) is 0 Å². The number of fused-ring (bicyclic) bond motifs is 5. The molecule has 3 rings (SSSR count). The first kappa shape index (κ1) is 16.8. The minimum Gasteiger partial charge on any atom is -0.444 e. The fourth-order valence-electron chi connectivity index (χ4n) is 3.87. The molecule has 5 heteroatoms. The summed E-state index contributed by atoms with van der Waals surface area (Å²) in [7, 11) is 0. The molecule has 4 atom stereocenters. The second kappa shape index (κ2) is 5.49. The molecule has 0 saturated carbocycles. The molecule has 0 N–H and O–H groups in total. The normalized spacial score (nSPS) is 34.5. The Morgan fingerprint density at radius 3 is 2.57 bits per heavy atom. The summed E-state index contributed by atoms with van der Waals surface area (Å²) in [6.07, 6.45) is 5.03. The van der Waals surface area contributed by atoms with Gasteiger partial charge in [-0.15, -0.1) is 0 Å². The Labute approximate surface area is 138 Å². The van der Waals surface area contributed by atoms with Crippen LogP contribution in [0.5, 0.6) is 0 Å². The molecule has 2 saturated heterocycles. The Morgan fingerprint density at radius 1 is 1.30 bits per heavy atom. The van der Waals surface area contributed by atoms with Crippen molar-refractivity contribution in [3.8, 4) is 0 Å². The summed E-state index contributed by atoms with van der Waals surface area (Å²) in [4.78, 5) is 14.5. The summed E-state index contributed by atoms with van der Waals surface area (Å²) >= 11 is 0. The maximum absolute atomic E-state index is 12.7. The number of hydrogen-bond donors (Lipinski definition) is 0. The summed E-state index contributed by atoms with van der Waals surface area (Å²) in [6.45, 7) is 11.7. The lowest BCUT2D eigenvalue weighted by Crippen LogP contribution is -2.45. The predicted octanol–water partition coefficient (Wildman–Crippen LogP) is 3.62. The van der Waals surface area contributed by atoms with Crippen LogP contribution in [0.15, 0.2) is 11.6 Å². The van der Waals surface area contributed by atoms with Crippen molar-refractivity contribution in [2.45, 2.75) is 96.5 Å². The summed E-state index contributed by atoms with van der Waals surface area (Å²) < 4.78 is 17.8. The largest absolute Gasteiger partial charge is 0.444 e. The van der Waals surface area contributed by atoms with Gasteiger partial charge in [-0.3, -0.25) is 4.90 Å². The highest BCUT2D eigenvalue weighted by molar-refractivity contribution is 5.72. The number of rotatable bonds is 3. The summed E-state index contributed by atoms with van der Waals surface area (Å²) in [6, 6.07) is -0.123. The molecule has 0 aromatic carbocycles. The molecule has 0 aromatic heterocycles. The Bertz CT molecular complexity index is 520. The number of hydrogen-bond acceptors (Lipinski definition) is 4. The van der Waals surface area contributed by atoms with E-state index in [2.05, 4.69) is 13.0 Å². The van der Waals surface area contributed by atoms with E-state index >= 15 is 0 Å². The predicted molar refractivity (Wildman–Crippen MR) is 87.1 cm³/mol. The lowest BCUT2D eigenvalue weighted by Gasteiger charge is -2.31. The van der Waals surface area contributed by atoms with Crippen LogP contribution in [0, 0.1) is 0 Å². The van der Waals surface area contributed by atoms with Gasteiger partial charge in [0, 0.05) is 0 Å². The molecule has 0 aromatic rings. The minimum absolute atomic E-state index is 0.0480. The summed E-state index contributed by atoms with van der Waals surface area (Å²) in [5.41, 5.74) is 0.795. The molecule has 130 valence electrons. The van der Waals surface area contributed by atoms with E-state index in [0.29, 0.717) is 0 Å². The topological polar surface area (TPSA) is 48.0 Å². The van der Waals surface area contributed by atoms with Crippen LogP contribution in [-0.4, -0.2) is 46.7 Å². The van der Waals surface area contributed by atoms with Crippen LogP contribution in [0.2, 0.25) is 0 Å². The van der Waals surface area contributed by atoms with E-state index in [0.717, 1.165) is 19.3 Å². The van der Waals surface area contributed by atoms with Gasteiger partial charge in [-0.1, -0.05) is 19.4 Å². The quantitative estimate of drug-likeness (QED) is 0.744. The molecule has 1 amide bonds. The average molecular weight is 323 g/mol. The third-order valence-electron chi connectivity index (χ3n) is 4.62. The highest BCUT2D eigenvalue weighted by Gasteiger charge is 2.63. The van der Waals surface area contributed by atoms with Gasteiger partial charge in [0.2, 0.25) is 0 Å². The van der Waals surface area contributed by atoms with Crippen molar-refractivity contribution < 1.29 is 19.0 Å². The molecule has 23 heavy (non-hydrogen) atoms. The number of carbonyl (C=O) groups is 1. The maximum Gasteiger partial charge on any atom is 0.411 e. The smallest absolute Gasteiger partial charge is 0.411 e. The van der Waals surface area contributed by atoms with Crippen LogP contribution < -0.4 is 0 Å². The van der Waals surface area contributed by atoms with Crippen LogP contribution >= 0.6 is 0 Å². The van der Waals surface area contributed by atoms with E-state index in [-0.39, 0.29) is 30.4 Å². The third-order valence-corrected chi connectivity index (χ3v) is 4.62. The molecular weight excluding hydrogens is 294 g/mol. The average Bonchev–Trinajstić information content (AvgIpc) is 2.98. The number of amides is 1. The van der Waals surface area contributed by atoms with Crippen molar-refractivity contribution in [1.82, 2.24) is 4.90 Å². The lowest BCUT2D eigenvalue weighted by atomic mass is 9.91. The maximum atomic E-state index is 12.7. The van der Waals surface area contributed by atoms with E-state index in [1.807, 2.05) is 39.5 Å². The second-order valence-electron chi connectivity index (χ2n) is 8.23. The molecule has 3 heterocycles. The first-order valence-electron chi connectivity index (χ1n) is 8.70. The number of nitrogens with zero attached hydrogens (tertiary/aromatic N) is 1. The van der Waals surface area contributed by atoms with Crippen LogP contribution in [0.4, 0.5) is 4.79 Å². The van der Waals surface area contributed by atoms with E-state index in [4.69, 9.17) is 14.2 Å². The van der Waals surface area contributed by atoms with E-state index in [1.165, 1.54) is 5.57 Å². The molecular formula is C18H29NO4. The van der Waals surface area contributed by atoms with Gasteiger partial charge in [0.1, 0.15) is 17.8 Å². The summed E-state index contributed by atoms with van der Waals surface area (Å²) in [5, 5.41) is 0. The zero-order chi connectivity index (χ0) is 17.0. The zero-order valence-electron chi connectivity index (χ0n) is 15.1. The number of ether oxygens (including phenoxy) is 3. The van der Waals surface area contributed by atoms with Crippen molar-refractivity contribution in [2.24, 2.45) is 0 Å². The number of unbranched alkanes of at least 4 members (excludes halogenated alkanes) is 1. The monoisotopic (exact) mass is 323 g/mol. The van der Waals surface area contributed by atoms with Crippen molar-refractivity contribution in [3.05, 3.63) is 11.6 Å². The fraction of sp³-hybridized carbons (Fsp3) is 0.833. The Balaban J connectivity index is 1.83. The standard InChI is InChI=1S/C18H29NO4/c1-7-8-9-11-10-12-14-15(22-18(5,6)21-14)13(11)19(12)16(20)23-17(2,3)4/h10,12-15H,7-9H2,1-6H3/t12-,13+,14-,15+/m0/s1. The molecule has 2 bridgehead atoms. The van der Waals surface area contributed by atoms with Crippen molar-refractivity contribution >= 4 is 6.09 Å². The molecule has 0 unspecified atom stereocenters. The zero-order valence-corrected chi connectivity index (χ0v) is 15.1. The Kier molecular flexibility index (Phi) is 4.00. The van der Waals surface area contributed by atoms with Crippen molar-refractivity contribution in [1.29, 1.82) is 0 Å².